The second-order valence-electron chi connectivity index (χ2n) is 5.28. The van der Waals surface area contributed by atoms with E-state index in [0.29, 0.717) is 32.8 Å². The number of carbonyl (C=O) groups is 1. The van der Waals surface area contributed by atoms with Crippen LogP contribution in [0.25, 0.3) is 0 Å². The van der Waals surface area contributed by atoms with Crippen LogP contribution < -0.4 is 9.64 Å². The molecule has 0 atom stereocenters. The minimum atomic E-state index is -0.238. The van der Waals surface area contributed by atoms with Gasteiger partial charge in [0.2, 0.25) is 0 Å². The highest BCUT2D eigenvalue weighted by Crippen LogP contribution is 2.29. The topological polar surface area (TPSA) is 42.4 Å². The van der Waals surface area contributed by atoms with Crippen LogP contribution in [0.2, 0.25) is 10.0 Å². The maximum Gasteiger partial charge on any atom is 0.261 e. The Bertz CT molecular complexity index is 881. The second kappa shape index (κ2) is 7.55. The zero-order valence-electron chi connectivity index (χ0n) is 13.3. The van der Waals surface area contributed by atoms with Crippen LogP contribution >= 0.6 is 23.2 Å². The van der Waals surface area contributed by atoms with Crippen molar-refractivity contribution in [3.63, 3.8) is 0 Å². The molecule has 1 heterocycles. The van der Waals surface area contributed by atoms with Crippen molar-refractivity contribution in [2.24, 2.45) is 0 Å². The summed E-state index contributed by atoms with van der Waals surface area (Å²) in [5, 5.41) is 0.920. The summed E-state index contributed by atoms with van der Waals surface area (Å²) in [5.41, 5.74) is 1.02. The largest absolute Gasteiger partial charge is 0.455 e. The summed E-state index contributed by atoms with van der Waals surface area (Å²) in [6.07, 6.45) is 3.24. The number of hydrogen-bond acceptors (Lipinski definition) is 3. The Morgan fingerprint density at radius 3 is 2.44 bits per heavy atom. The van der Waals surface area contributed by atoms with E-state index in [0.717, 1.165) is 0 Å². The highest BCUT2D eigenvalue weighted by atomic mass is 35.5. The number of halogens is 2. The lowest BCUT2D eigenvalue weighted by Gasteiger charge is -2.19. The van der Waals surface area contributed by atoms with E-state index in [1.165, 1.54) is 4.90 Å². The summed E-state index contributed by atoms with van der Waals surface area (Å²) < 4.78 is 5.80. The molecule has 0 saturated carbocycles. The van der Waals surface area contributed by atoms with Crippen LogP contribution in [0.5, 0.6) is 11.5 Å². The van der Waals surface area contributed by atoms with Crippen molar-refractivity contribution in [2.45, 2.75) is 0 Å². The van der Waals surface area contributed by atoms with Gasteiger partial charge in [0.1, 0.15) is 11.5 Å². The number of amides is 1. The van der Waals surface area contributed by atoms with Crippen molar-refractivity contribution >= 4 is 34.8 Å². The quantitative estimate of drug-likeness (QED) is 0.610. The third-order valence-corrected chi connectivity index (χ3v) is 3.96. The molecular weight excluding hydrogens is 359 g/mol. The van der Waals surface area contributed by atoms with Crippen LogP contribution in [0.3, 0.4) is 0 Å². The molecule has 4 nitrogen and oxygen atoms in total. The van der Waals surface area contributed by atoms with E-state index in [4.69, 9.17) is 27.9 Å². The van der Waals surface area contributed by atoms with Crippen molar-refractivity contribution < 1.29 is 9.53 Å². The molecule has 0 unspecified atom stereocenters. The minimum absolute atomic E-state index is 0.238. The van der Waals surface area contributed by atoms with Crippen LogP contribution in [0.4, 0.5) is 5.69 Å². The van der Waals surface area contributed by atoms with E-state index in [1.807, 2.05) is 0 Å². The SMILES string of the molecule is CN(C(=O)c1ccccc1Oc1cccnc1)c1cc(Cl)cc(Cl)c1. The first-order valence-corrected chi connectivity index (χ1v) is 8.21. The molecule has 0 spiro atoms. The molecule has 0 aliphatic carbocycles. The summed E-state index contributed by atoms with van der Waals surface area (Å²) in [6.45, 7) is 0. The normalized spacial score (nSPS) is 10.4. The number of rotatable bonds is 4. The predicted octanol–water partition coefficient (Wildman–Crippen LogP) is 5.46. The second-order valence-corrected chi connectivity index (χ2v) is 6.15. The molecule has 0 aliphatic heterocycles. The van der Waals surface area contributed by atoms with Gasteiger partial charge in [-0.25, -0.2) is 0 Å². The van der Waals surface area contributed by atoms with E-state index >= 15 is 0 Å². The van der Waals surface area contributed by atoms with Crippen molar-refractivity contribution in [1.82, 2.24) is 4.98 Å². The number of nitrogens with zero attached hydrogens (tertiary/aromatic N) is 2. The number of para-hydroxylation sites is 1. The van der Waals surface area contributed by atoms with Gasteiger partial charge >= 0.3 is 0 Å². The molecular formula is C19H14Cl2N2O2. The zero-order valence-corrected chi connectivity index (χ0v) is 14.8. The Kier molecular flexibility index (Phi) is 5.22. The van der Waals surface area contributed by atoms with Gasteiger partial charge in [-0.2, -0.15) is 0 Å². The maximum absolute atomic E-state index is 12.9. The Morgan fingerprint density at radius 1 is 1.04 bits per heavy atom. The third-order valence-electron chi connectivity index (χ3n) is 3.52. The van der Waals surface area contributed by atoms with Gasteiger partial charge in [-0.3, -0.25) is 9.78 Å². The molecule has 3 rings (SSSR count). The van der Waals surface area contributed by atoms with E-state index in [9.17, 15) is 4.79 Å². The Hall–Kier alpha value is -2.56. The molecule has 1 amide bonds. The van der Waals surface area contributed by atoms with E-state index < -0.39 is 0 Å². The van der Waals surface area contributed by atoms with Crippen molar-refractivity contribution in [1.29, 1.82) is 0 Å². The molecule has 0 aliphatic rings. The van der Waals surface area contributed by atoms with E-state index in [1.54, 1.807) is 74.0 Å². The molecule has 2 aromatic carbocycles. The maximum atomic E-state index is 12.9. The summed E-state index contributed by atoms with van der Waals surface area (Å²) in [5.74, 6) is 0.759. The lowest BCUT2D eigenvalue weighted by Crippen LogP contribution is -2.26. The highest BCUT2D eigenvalue weighted by molar-refractivity contribution is 6.35. The first-order chi connectivity index (χ1) is 12.0. The van der Waals surface area contributed by atoms with Gasteiger partial charge in [0.05, 0.1) is 11.8 Å². The number of anilines is 1. The third kappa shape index (κ3) is 4.10. The monoisotopic (exact) mass is 372 g/mol. The number of aromatic nitrogens is 1. The first kappa shape index (κ1) is 17.3. The zero-order chi connectivity index (χ0) is 17.8. The molecule has 0 fully saturated rings. The number of ether oxygens (including phenoxy) is 1. The lowest BCUT2D eigenvalue weighted by atomic mass is 10.1. The molecule has 3 aromatic rings. The average molecular weight is 373 g/mol. The van der Waals surface area contributed by atoms with Gasteiger partial charge in [0.15, 0.2) is 0 Å². The van der Waals surface area contributed by atoms with Gasteiger partial charge in [-0.1, -0.05) is 35.3 Å². The summed E-state index contributed by atoms with van der Waals surface area (Å²) >= 11 is 12.1. The number of hydrogen-bond donors (Lipinski definition) is 0. The smallest absolute Gasteiger partial charge is 0.261 e. The van der Waals surface area contributed by atoms with Gasteiger partial charge in [-0.05, 0) is 42.5 Å². The van der Waals surface area contributed by atoms with Crippen molar-refractivity contribution in [2.75, 3.05) is 11.9 Å². The summed E-state index contributed by atoms with van der Waals surface area (Å²) in [6, 6.07) is 15.5. The fraction of sp³-hybridized carbons (Fsp3) is 0.0526. The Balaban J connectivity index is 1.92. The molecule has 0 radical (unpaired) electrons. The average Bonchev–Trinajstić information content (AvgIpc) is 2.61. The molecule has 126 valence electrons. The fourth-order valence-corrected chi connectivity index (χ4v) is 2.81. The van der Waals surface area contributed by atoms with Gasteiger partial charge in [0, 0.05) is 29.0 Å². The number of carbonyl (C=O) groups excluding carboxylic acids is 1. The number of benzene rings is 2. The van der Waals surface area contributed by atoms with Gasteiger partial charge in [0.25, 0.3) is 5.91 Å². The lowest BCUT2D eigenvalue weighted by molar-refractivity contribution is 0.0991. The summed E-state index contributed by atoms with van der Waals surface area (Å²) in [4.78, 5) is 18.4. The van der Waals surface area contributed by atoms with Crippen molar-refractivity contribution in [3.8, 4) is 11.5 Å². The van der Waals surface area contributed by atoms with Crippen LogP contribution in [-0.4, -0.2) is 17.9 Å². The summed E-state index contributed by atoms with van der Waals surface area (Å²) in [7, 11) is 1.66. The van der Waals surface area contributed by atoms with Crippen LogP contribution in [0, 0.1) is 0 Å². The Morgan fingerprint density at radius 2 is 1.76 bits per heavy atom. The fourth-order valence-electron chi connectivity index (χ4n) is 2.30. The number of pyridine rings is 1. The van der Waals surface area contributed by atoms with E-state index in [2.05, 4.69) is 4.98 Å². The van der Waals surface area contributed by atoms with Gasteiger partial charge in [-0.15, -0.1) is 0 Å². The van der Waals surface area contributed by atoms with Crippen molar-refractivity contribution in [3.05, 3.63) is 82.6 Å². The molecule has 0 N–H and O–H groups in total. The molecule has 1 aromatic heterocycles. The Labute approximate surface area is 155 Å². The highest BCUT2D eigenvalue weighted by Gasteiger charge is 2.19. The molecule has 25 heavy (non-hydrogen) atoms. The minimum Gasteiger partial charge on any atom is -0.455 e. The van der Waals surface area contributed by atoms with Crippen LogP contribution in [0.1, 0.15) is 10.4 Å². The molecule has 0 bridgehead atoms. The predicted molar refractivity (Wildman–Crippen MR) is 99.9 cm³/mol. The van der Waals surface area contributed by atoms with Crippen LogP contribution in [0.15, 0.2) is 67.0 Å². The molecule has 0 saturated heterocycles. The first-order valence-electron chi connectivity index (χ1n) is 7.45. The van der Waals surface area contributed by atoms with E-state index in [-0.39, 0.29) is 5.91 Å². The van der Waals surface area contributed by atoms with Gasteiger partial charge < -0.3 is 9.64 Å². The molecule has 6 heteroatoms. The standard InChI is InChI=1S/C19H14Cl2N2O2/c1-23(15-10-13(20)9-14(21)11-15)19(24)17-6-2-3-7-18(17)25-16-5-4-8-22-12-16/h2-12H,1H3. The van der Waals surface area contributed by atoms with Crippen LogP contribution in [-0.2, 0) is 0 Å².